The molecule has 1 heterocycles. The van der Waals surface area contributed by atoms with Crippen molar-refractivity contribution in [1.29, 1.82) is 0 Å². The Morgan fingerprint density at radius 1 is 1.64 bits per heavy atom. The monoisotopic (exact) mass is 213 g/mol. The summed E-state index contributed by atoms with van der Waals surface area (Å²) in [5.41, 5.74) is 6.22. The summed E-state index contributed by atoms with van der Waals surface area (Å²) in [5, 5.41) is 8.61. The Balaban J connectivity index is 2.41. The van der Waals surface area contributed by atoms with E-state index in [1.54, 1.807) is 0 Å². The van der Waals surface area contributed by atoms with Gasteiger partial charge in [-0.25, -0.2) is 14.8 Å². The molecule has 0 saturated heterocycles. The molecule has 1 saturated carbocycles. The number of nitrogens with two attached hydrogens (primary N) is 1. The highest BCUT2D eigenvalue weighted by atomic mass is 35.5. The van der Waals surface area contributed by atoms with Gasteiger partial charge in [0.1, 0.15) is 5.82 Å². The molecule has 6 heteroatoms. The van der Waals surface area contributed by atoms with Crippen molar-refractivity contribution in [2.45, 2.75) is 17.7 Å². The predicted octanol–water partition coefficient (Wildman–Crippen LogP) is 0.985. The lowest BCUT2D eigenvalue weighted by Gasteiger charge is -2.08. The van der Waals surface area contributed by atoms with Crippen LogP contribution in [0.5, 0.6) is 0 Å². The number of hydrogen-bond donors (Lipinski definition) is 2. The molecule has 5 nitrogen and oxygen atoms in total. The van der Waals surface area contributed by atoms with Crippen LogP contribution in [0, 0.1) is 0 Å². The number of carbonyl (C=O) groups is 1. The summed E-state index contributed by atoms with van der Waals surface area (Å²) in [4.78, 5) is 17.4. The van der Waals surface area contributed by atoms with Gasteiger partial charge in [0, 0.05) is 11.8 Å². The first-order valence-electron chi connectivity index (χ1n) is 4.08. The number of nitrogen functional groups attached to an aromatic ring is 1. The molecule has 0 radical (unpaired) electrons. The standard InChI is InChI=1S/C8H8ClN3O2/c9-8(1-2-8)4-3-11-6(7(13)14)12-5(4)10/h3H,1-2H2,(H,13,14)(H2,10,11,12). The molecule has 0 bridgehead atoms. The minimum Gasteiger partial charge on any atom is -0.475 e. The predicted molar refractivity (Wildman–Crippen MR) is 50.2 cm³/mol. The maximum absolute atomic E-state index is 10.5. The molecule has 0 aliphatic heterocycles. The number of halogens is 1. The molecule has 0 amide bonds. The van der Waals surface area contributed by atoms with Gasteiger partial charge in [0.25, 0.3) is 0 Å². The van der Waals surface area contributed by atoms with E-state index in [1.807, 2.05) is 0 Å². The largest absolute Gasteiger partial charge is 0.475 e. The van der Waals surface area contributed by atoms with E-state index in [1.165, 1.54) is 6.20 Å². The van der Waals surface area contributed by atoms with Crippen LogP contribution < -0.4 is 5.73 Å². The van der Waals surface area contributed by atoms with E-state index in [2.05, 4.69) is 9.97 Å². The van der Waals surface area contributed by atoms with E-state index < -0.39 is 10.8 Å². The Hall–Kier alpha value is -1.36. The summed E-state index contributed by atoms with van der Waals surface area (Å²) in [6, 6.07) is 0. The molecule has 1 fully saturated rings. The molecule has 1 aliphatic rings. The van der Waals surface area contributed by atoms with E-state index in [0.29, 0.717) is 5.56 Å². The van der Waals surface area contributed by atoms with Crippen molar-refractivity contribution in [3.63, 3.8) is 0 Å². The van der Waals surface area contributed by atoms with Crippen molar-refractivity contribution in [2.75, 3.05) is 5.73 Å². The van der Waals surface area contributed by atoms with Gasteiger partial charge in [0.2, 0.25) is 5.82 Å². The maximum atomic E-state index is 10.5. The third-order valence-electron chi connectivity index (χ3n) is 2.18. The highest BCUT2D eigenvalue weighted by Gasteiger charge is 2.44. The zero-order valence-electron chi connectivity index (χ0n) is 7.20. The van der Waals surface area contributed by atoms with Crippen LogP contribution in [0.1, 0.15) is 29.0 Å². The molecule has 1 aliphatic carbocycles. The Morgan fingerprint density at radius 3 is 2.71 bits per heavy atom. The molecular formula is C8H8ClN3O2. The van der Waals surface area contributed by atoms with Crippen LogP contribution in [0.3, 0.4) is 0 Å². The van der Waals surface area contributed by atoms with Gasteiger partial charge < -0.3 is 10.8 Å². The molecule has 14 heavy (non-hydrogen) atoms. The van der Waals surface area contributed by atoms with E-state index >= 15 is 0 Å². The number of alkyl halides is 1. The van der Waals surface area contributed by atoms with Crippen molar-refractivity contribution < 1.29 is 9.90 Å². The number of nitrogens with zero attached hydrogens (tertiary/aromatic N) is 2. The van der Waals surface area contributed by atoms with Crippen molar-refractivity contribution >= 4 is 23.4 Å². The van der Waals surface area contributed by atoms with Crippen molar-refractivity contribution in [3.8, 4) is 0 Å². The first-order chi connectivity index (χ1) is 6.53. The van der Waals surface area contributed by atoms with Crippen LogP contribution in [0.4, 0.5) is 5.82 Å². The number of hydrogen-bond acceptors (Lipinski definition) is 4. The second-order valence-corrected chi connectivity index (χ2v) is 3.99. The second kappa shape index (κ2) is 2.81. The minimum absolute atomic E-state index is 0.157. The minimum atomic E-state index is -1.19. The molecular weight excluding hydrogens is 206 g/mol. The van der Waals surface area contributed by atoms with Gasteiger partial charge in [-0.05, 0) is 12.8 Å². The summed E-state index contributed by atoms with van der Waals surface area (Å²) < 4.78 is 0. The van der Waals surface area contributed by atoms with Crippen molar-refractivity contribution in [3.05, 3.63) is 17.6 Å². The molecule has 74 valence electrons. The molecule has 0 spiro atoms. The van der Waals surface area contributed by atoms with E-state index in [9.17, 15) is 4.79 Å². The molecule has 1 aromatic rings. The topological polar surface area (TPSA) is 89.1 Å². The first-order valence-corrected chi connectivity index (χ1v) is 4.46. The average molecular weight is 214 g/mol. The first kappa shape index (κ1) is 9.21. The quantitative estimate of drug-likeness (QED) is 0.715. The highest BCUT2D eigenvalue weighted by Crippen LogP contribution is 2.53. The Kier molecular flexibility index (Phi) is 1.85. The number of carboxylic acids is 1. The van der Waals surface area contributed by atoms with Crippen LogP contribution >= 0.6 is 11.6 Å². The SMILES string of the molecule is Nc1nc(C(=O)O)ncc1C1(Cl)CC1. The lowest BCUT2D eigenvalue weighted by molar-refractivity contribution is 0.0683. The van der Waals surface area contributed by atoms with Crippen molar-refractivity contribution in [2.24, 2.45) is 0 Å². The second-order valence-electron chi connectivity index (χ2n) is 3.26. The molecule has 1 aromatic heterocycles. The van der Waals surface area contributed by atoms with Gasteiger partial charge in [-0.1, -0.05) is 0 Å². The number of carboxylic acid groups (broad SMARTS) is 1. The molecule has 2 rings (SSSR count). The zero-order chi connectivity index (χ0) is 10.3. The summed E-state index contributed by atoms with van der Waals surface area (Å²) in [7, 11) is 0. The third-order valence-corrected chi connectivity index (χ3v) is 2.76. The third kappa shape index (κ3) is 1.39. The smallest absolute Gasteiger partial charge is 0.374 e. The fourth-order valence-corrected chi connectivity index (χ4v) is 1.46. The lowest BCUT2D eigenvalue weighted by atomic mass is 10.2. The zero-order valence-corrected chi connectivity index (χ0v) is 7.95. The fourth-order valence-electron chi connectivity index (χ4n) is 1.22. The van der Waals surface area contributed by atoms with Crippen LogP contribution in [0.15, 0.2) is 6.20 Å². The van der Waals surface area contributed by atoms with Crippen LogP contribution in [-0.4, -0.2) is 21.0 Å². The lowest BCUT2D eigenvalue weighted by Crippen LogP contribution is -2.11. The van der Waals surface area contributed by atoms with E-state index in [4.69, 9.17) is 22.4 Å². The van der Waals surface area contributed by atoms with Gasteiger partial charge >= 0.3 is 5.97 Å². The van der Waals surface area contributed by atoms with E-state index in [-0.39, 0.29) is 11.6 Å². The Bertz CT molecular complexity index is 404. The van der Waals surface area contributed by atoms with E-state index in [0.717, 1.165) is 12.8 Å². The highest BCUT2D eigenvalue weighted by molar-refractivity contribution is 6.26. The Labute approximate surface area is 84.9 Å². The summed E-state index contributed by atoms with van der Waals surface area (Å²) in [5.74, 6) is -1.33. The average Bonchev–Trinajstić information content (AvgIpc) is 2.84. The van der Waals surface area contributed by atoms with Crippen LogP contribution in [0.2, 0.25) is 0 Å². The molecule has 0 unspecified atom stereocenters. The molecule has 0 aromatic carbocycles. The van der Waals surface area contributed by atoms with Crippen LogP contribution in [-0.2, 0) is 4.87 Å². The van der Waals surface area contributed by atoms with Gasteiger partial charge in [0.15, 0.2) is 0 Å². The summed E-state index contributed by atoms with van der Waals surface area (Å²) in [6.45, 7) is 0. The molecule has 0 atom stereocenters. The normalized spacial score (nSPS) is 17.8. The fraction of sp³-hybridized carbons (Fsp3) is 0.375. The van der Waals surface area contributed by atoms with Gasteiger partial charge in [-0.2, -0.15) is 0 Å². The van der Waals surface area contributed by atoms with Crippen molar-refractivity contribution in [1.82, 2.24) is 9.97 Å². The van der Waals surface area contributed by atoms with Crippen LogP contribution in [0.25, 0.3) is 0 Å². The summed E-state index contributed by atoms with van der Waals surface area (Å²) in [6.07, 6.45) is 3.05. The maximum Gasteiger partial charge on any atom is 0.374 e. The van der Waals surface area contributed by atoms with Gasteiger partial charge in [-0.3, -0.25) is 0 Å². The number of rotatable bonds is 2. The number of aromatic nitrogens is 2. The number of aromatic carboxylic acids is 1. The van der Waals surface area contributed by atoms with Gasteiger partial charge in [-0.15, -0.1) is 11.6 Å². The Morgan fingerprint density at radius 2 is 2.29 bits per heavy atom. The number of anilines is 1. The van der Waals surface area contributed by atoms with Gasteiger partial charge in [0.05, 0.1) is 4.87 Å². The summed E-state index contributed by atoms with van der Waals surface area (Å²) >= 11 is 6.10. The molecule has 3 N–H and O–H groups in total.